The van der Waals surface area contributed by atoms with Crippen LogP contribution >= 0.6 is 23.6 Å². The summed E-state index contributed by atoms with van der Waals surface area (Å²) in [5, 5.41) is 0.672. The molecular formula is C25H19N3OS2. The SMILES string of the molecule is O=c1c2cc(Cc3ccccc3)sc2[nH]c(=S)n1-c1ccc(Cc2ccncc2)cc1. The maximum absolute atomic E-state index is 13.3. The van der Waals surface area contributed by atoms with Crippen LogP contribution in [0.2, 0.25) is 0 Å². The van der Waals surface area contributed by atoms with Gasteiger partial charge >= 0.3 is 0 Å². The van der Waals surface area contributed by atoms with Gasteiger partial charge in [-0.25, -0.2) is 0 Å². The Labute approximate surface area is 188 Å². The number of hydrogen-bond donors (Lipinski definition) is 1. The molecule has 5 aromatic rings. The molecule has 0 bridgehead atoms. The molecule has 31 heavy (non-hydrogen) atoms. The fourth-order valence-corrected chi connectivity index (χ4v) is 5.11. The van der Waals surface area contributed by atoms with Crippen LogP contribution in [-0.4, -0.2) is 14.5 Å². The zero-order chi connectivity index (χ0) is 21.2. The molecule has 4 nitrogen and oxygen atoms in total. The summed E-state index contributed by atoms with van der Waals surface area (Å²) in [6.45, 7) is 0. The van der Waals surface area contributed by atoms with E-state index in [4.69, 9.17) is 12.2 Å². The first-order chi connectivity index (χ1) is 15.2. The molecule has 0 amide bonds. The van der Waals surface area contributed by atoms with Crippen LogP contribution in [0.4, 0.5) is 0 Å². The number of nitrogens with zero attached hydrogens (tertiary/aromatic N) is 2. The molecule has 5 rings (SSSR count). The minimum Gasteiger partial charge on any atom is -0.323 e. The number of thiophene rings is 1. The summed E-state index contributed by atoms with van der Waals surface area (Å²) in [6, 6.07) is 24.2. The van der Waals surface area contributed by atoms with Crippen LogP contribution in [0.25, 0.3) is 15.9 Å². The van der Waals surface area contributed by atoms with Gasteiger partial charge in [-0.1, -0.05) is 42.5 Å². The van der Waals surface area contributed by atoms with E-state index >= 15 is 0 Å². The average molecular weight is 442 g/mol. The quantitative estimate of drug-likeness (QED) is 0.357. The van der Waals surface area contributed by atoms with Crippen molar-refractivity contribution >= 4 is 33.8 Å². The molecule has 2 aromatic carbocycles. The van der Waals surface area contributed by atoms with Gasteiger partial charge < -0.3 is 4.98 Å². The summed E-state index contributed by atoms with van der Waals surface area (Å²) in [4.78, 5) is 22.5. The molecule has 0 unspecified atom stereocenters. The summed E-state index contributed by atoms with van der Waals surface area (Å²) in [5.41, 5.74) is 4.26. The normalized spacial score (nSPS) is 11.1. The Kier molecular flexibility index (Phi) is 5.32. The zero-order valence-electron chi connectivity index (χ0n) is 16.6. The van der Waals surface area contributed by atoms with E-state index in [0.29, 0.717) is 10.2 Å². The van der Waals surface area contributed by atoms with Crippen molar-refractivity contribution in [2.45, 2.75) is 12.8 Å². The predicted molar refractivity (Wildman–Crippen MR) is 129 cm³/mol. The second kappa shape index (κ2) is 8.41. The fourth-order valence-electron chi connectivity index (χ4n) is 3.68. The molecule has 0 saturated carbocycles. The highest BCUT2D eigenvalue weighted by molar-refractivity contribution is 7.71. The summed E-state index contributed by atoms with van der Waals surface area (Å²) in [5.74, 6) is 0. The minimum atomic E-state index is -0.0869. The van der Waals surface area contributed by atoms with Crippen LogP contribution in [0.5, 0.6) is 0 Å². The maximum atomic E-state index is 13.3. The lowest BCUT2D eigenvalue weighted by atomic mass is 10.1. The number of rotatable bonds is 5. The highest BCUT2D eigenvalue weighted by Crippen LogP contribution is 2.24. The molecule has 1 N–H and O–H groups in total. The van der Waals surface area contributed by atoms with E-state index in [9.17, 15) is 4.79 Å². The molecule has 0 saturated heterocycles. The lowest BCUT2D eigenvalue weighted by Gasteiger charge is -2.08. The number of hydrogen-bond acceptors (Lipinski definition) is 4. The van der Waals surface area contributed by atoms with Crippen molar-refractivity contribution in [3.8, 4) is 5.69 Å². The van der Waals surface area contributed by atoms with Crippen LogP contribution in [0, 0.1) is 4.77 Å². The topological polar surface area (TPSA) is 50.7 Å². The number of benzene rings is 2. The summed E-state index contributed by atoms with van der Waals surface area (Å²) in [6.07, 6.45) is 5.20. The second-order valence-corrected chi connectivity index (χ2v) is 8.91. The number of pyridine rings is 1. The molecule has 0 aliphatic heterocycles. The first kappa shape index (κ1) is 19.6. The zero-order valence-corrected chi connectivity index (χ0v) is 18.2. The van der Waals surface area contributed by atoms with Gasteiger partial charge in [-0.2, -0.15) is 0 Å². The minimum absolute atomic E-state index is 0.0869. The highest BCUT2D eigenvalue weighted by atomic mass is 32.1. The average Bonchev–Trinajstić information content (AvgIpc) is 3.19. The van der Waals surface area contributed by atoms with Gasteiger partial charge in [-0.3, -0.25) is 14.3 Å². The van der Waals surface area contributed by atoms with E-state index in [1.165, 1.54) is 16.7 Å². The van der Waals surface area contributed by atoms with Crippen LogP contribution < -0.4 is 5.56 Å². The van der Waals surface area contributed by atoms with E-state index in [1.807, 2.05) is 60.7 Å². The van der Waals surface area contributed by atoms with Crippen molar-refractivity contribution in [2.24, 2.45) is 0 Å². The van der Waals surface area contributed by atoms with Crippen LogP contribution in [0.3, 0.4) is 0 Å². The third kappa shape index (κ3) is 4.13. The largest absolute Gasteiger partial charge is 0.323 e. The molecule has 0 aliphatic carbocycles. The second-order valence-electron chi connectivity index (χ2n) is 7.39. The van der Waals surface area contributed by atoms with Gasteiger partial charge in [0.15, 0.2) is 4.77 Å². The number of aromatic nitrogens is 3. The molecule has 6 heteroatoms. The number of nitrogens with one attached hydrogen (secondary N) is 1. The Balaban J connectivity index is 1.48. The van der Waals surface area contributed by atoms with Crippen molar-refractivity contribution in [1.29, 1.82) is 0 Å². The van der Waals surface area contributed by atoms with Crippen molar-refractivity contribution in [1.82, 2.24) is 14.5 Å². The molecular weight excluding hydrogens is 422 g/mol. The van der Waals surface area contributed by atoms with E-state index in [-0.39, 0.29) is 5.56 Å². The van der Waals surface area contributed by atoms with Gasteiger partial charge in [-0.05, 0) is 65.7 Å². The van der Waals surface area contributed by atoms with Gasteiger partial charge in [0.2, 0.25) is 0 Å². The first-order valence-corrected chi connectivity index (χ1v) is 11.2. The van der Waals surface area contributed by atoms with E-state index in [1.54, 1.807) is 28.3 Å². The standard InChI is InChI=1S/C25H19N3OS2/c29-24-22-16-21(15-17-4-2-1-3-5-17)31-23(22)27-25(30)28(24)20-8-6-18(7-9-20)14-19-10-12-26-13-11-19/h1-13,16H,14-15H2,(H,27,30). The summed E-state index contributed by atoms with van der Waals surface area (Å²) < 4.78 is 1.99. The van der Waals surface area contributed by atoms with Crippen molar-refractivity contribution in [3.05, 3.63) is 122 Å². The lowest BCUT2D eigenvalue weighted by Crippen LogP contribution is -2.19. The van der Waals surface area contributed by atoms with Gasteiger partial charge in [0.1, 0.15) is 4.83 Å². The molecule has 3 aromatic heterocycles. The fraction of sp³-hybridized carbons (Fsp3) is 0.0800. The van der Waals surface area contributed by atoms with Crippen LogP contribution in [-0.2, 0) is 12.8 Å². The molecule has 0 atom stereocenters. The number of fused-ring (bicyclic) bond motifs is 1. The van der Waals surface area contributed by atoms with E-state index < -0.39 is 0 Å². The van der Waals surface area contributed by atoms with Gasteiger partial charge in [0, 0.05) is 23.7 Å². The van der Waals surface area contributed by atoms with Gasteiger partial charge in [0.25, 0.3) is 5.56 Å². The van der Waals surface area contributed by atoms with Gasteiger partial charge in [0.05, 0.1) is 11.1 Å². The third-order valence-electron chi connectivity index (χ3n) is 5.21. The lowest BCUT2D eigenvalue weighted by molar-refractivity contribution is 0.941. The highest BCUT2D eigenvalue weighted by Gasteiger charge is 2.12. The van der Waals surface area contributed by atoms with E-state index in [0.717, 1.165) is 28.2 Å². The Morgan fingerprint density at radius 3 is 2.29 bits per heavy atom. The summed E-state index contributed by atoms with van der Waals surface area (Å²) >= 11 is 7.12. The Bertz CT molecular complexity index is 1450. The number of H-pyrrole nitrogens is 1. The predicted octanol–water partition coefficient (Wildman–Crippen LogP) is 5.69. The van der Waals surface area contributed by atoms with Crippen molar-refractivity contribution < 1.29 is 0 Å². The van der Waals surface area contributed by atoms with Crippen LogP contribution in [0.15, 0.2) is 90.0 Å². The van der Waals surface area contributed by atoms with Crippen molar-refractivity contribution in [3.63, 3.8) is 0 Å². The smallest absolute Gasteiger partial charge is 0.267 e. The maximum Gasteiger partial charge on any atom is 0.267 e. The van der Waals surface area contributed by atoms with E-state index in [2.05, 4.69) is 22.1 Å². The molecule has 152 valence electrons. The van der Waals surface area contributed by atoms with Gasteiger partial charge in [-0.15, -0.1) is 11.3 Å². The Morgan fingerprint density at radius 1 is 0.871 bits per heavy atom. The molecule has 0 fully saturated rings. The Hall–Kier alpha value is -3.35. The van der Waals surface area contributed by atoms with Crippen LogP contribution in [0.1, 0.15) is 21.6 Å². The summed E-state index contributed by atoms with van der Waals surface area (Å²) in [7, 11) is 0. The molecule has 0 aliphatic rings. The first-order valence-electron chi connectivity index (χ1n) is 9.97. The Morgan fingerprint density at radius 2 is 1.55 bits per heavy atom. The van der Waals surface area contributed by atoms with Crippen molar-refractivity contribution in [2.75, 3.05) is 0 Å². The third-order valence-corrected chi connectivity index (χ3v) is 6.55. The molecule has 0 spiro atoms. The monoisotopic (exact) mass is 441 g/mol. The molecule has 0 radical (unpaired) electrons. The number of aromatic amines is 1. The molecule has 3 heterocycles.